The molecule has 102 heavy (non-hydrogen) atoms. The molecule has 0 bridgehead atoms. The Balaban J connectivity index is 0.936. The Bertz CT molecular complexity index is 6550. The van der Waals surface area contributed by atoms with Crippen molar-refractivity contribution in [3.05, 3.63) is 338 Å². The first-order chi connectivity index (χ1) is 54.9. The van der Waals surface area contributed by atoms with Crippen molar-refractivity contribution in [3.8, 4) is 44.8 Å². The second-order valence-corrected chi connectivity index (χ2v) is 30.1. The van der Waals surface area contributed by atoms with Crippen LogP contribution < -0.4 is 31.1 Å². The van der Waals surface area contributed by atoms with E-state index in [0.29, 0.717) is 11.4 Å². The summed E-state index contributed by atoms with van der Waals surface area (Å²) in [7, 11) is 0. The molecule has 5 nitrogen and oxygen atoms in total. The van der Waals surface area contributed by atoms with E-state index in [-0.39, 0.29) is 44.0 Å². The molecule has 0 radical (unpaired) electrons. The van der Waals surface area contributed by atoms with Gasteiger partial charge >= 0.3 is 0 Å². The summed E-state index contributed by atoms with van der Waals surface area (Å²) in [5, 5.41) is 2.17. The highest BCUT2D eigenvalue weighted by molar-refractivity contribution is 7.00. The third-order valence-corrected chi connectivity index (χ3v) is 20.6. The molecule has 6 heteroatoms. The van der Waals surface area contributed by atoms with E-state index in [1.807, 2.05) is 24.3 Å². The van der Waals surface area contributed by atoms with Crippen molar-refractivity contribution in [1.82, 2.24) is 9.13 Å². The standard InChI is InChI=1S/C96H80BN5/c1-94(2,3)69-41-51-87-81(57-69)82-58-70(95(4,5)6)42-52-88(82)100(87)77-48-50-84-90(62-77)102(78-55-67(64-29-16-11-17-30-64)53-68(56-78)65-31-18-12-19-32-65)92-60-71(96(7,8)9)59-91-93(92)97(84)83-49-47-76(61-89(83)101(91)75-36-26-33-66(54-75)63-27-14-10-15-28-63)98(72-34-20-13-21-35-72)73-43-45-74(46-44-73)99-85-39-24-22-37-79(85)80-38-23-25-40-86(80)99/h10-62H,1-9H3/i13D,20D,21D,22D,23D,24D,25D,34D,35D,37D,38D,39D,40D. The lowest BCUT2D eigenvalue weighted by Gasteiger charge is -2.45. The molecule has 2 aliphatic heterocycles. The Hall–Kier alpha value is -11.9. The Morgan fingerprint density at radius 1 is 0.284 bits per heavy atom. The maximum atomic E-state index is 9.85. The van der Waals surface area contributed by atoms with Gasteiger partial charge in [0, 0.05) is 84.1 Å². The quantitative estimate of drug-likeness (QED) is 0.127. The number of para-hydroxylation sites is 3. The zero-order valence-corrected chi connectivity index (χ0v) is 58.4. The van der Waals surface area contributed by atoms with Crippen molar-refractivity contribution in [1.29, 1.82) is 0 Å². The molecular formula is C96H80BN5. The van der Waals surface area contributed by atoms with Crippen LogP contribution >= 0.6 is 0 Å². The Labute approximate surface area is 617 Å². The van der Waals surface area contributed by atoms with E-state index in [1.165, 1.54) is 15.7 Å². The Morgan fingerprint density at radius 2 is 0.735 bits per heavy atom. The van der Waals surface area contributed by atoms with Gasteiger partial charge in [-0.1, -0.05) is 244 Å². The van der Waals surface area contributed by atoms with Crippen LogP contribution in [0.3, 0.4) is 0 Å². The molecule has 0 spiro atoms. The van der Waals surface area contributed by atoms with Gasteiger partial charge in [0.05, 0.1) is 39.9 Å². The third-order valence-electron chi connectivity index (χ3n) is 20.6. The minimum atomic E-state index is -0.578. The topological polar surface area (TPSA) is 19.6 Å². The fourth-order valence-electron chi connectivity index (χ4n) is 15.5. The number of hydrogen-bond donors (Lipinski definition) is 0. The number of rotatable bonds is 10. The van der Waals surface area contributed by atoms with Crippen LogP contribution in [0.15, 0.2) is 321 Å². The first-order valence-corrected chi connectivity index (χ1v) is 34.9. The molecule has 14 aromatic carbocycles. The maximum Gasteiger partial charge on any atom is 0.252 e. The van der Waals surface area contributed by atoms with E-state index >= 15 is 0 Å². The highest BCUT2D eigenvalue weighted by atomic mass is 15.2. The van der Waals surface area contributed by atoms with Gasteiger partial charge in [0.25, 0.3) is 6.71 Å². The lowest BCUT2D eigenvalue weighted by Crippen LogP contribution is -2.61. The lowest BCUT2D eigenvalue weighted by atomic mass is 9.33. The Morgan fingerprint density at radius 3 is 1.28 bits per heavy atom. The summed E-state index contributed by atoms with van der Waals surface area (Å²) in [6.07, 6.45) is 0. The SMILES string of the molecule is [2H]c1c([2H])c([2H])c(N(c2ccc(-n3c4c([2H])c([2H])c([2H])c([2H])c4c4c([2H])c([2H])c([2H])c([2H])c43)cc2)c2ccc3c(c2)N(c2cccc(-c4ccccc4)c2)c2cc(C(C)(C)C)cc4c2B3c2ccc(-n3c5ccc(C(C)(C)C)cc5c5cc(C(C)(C)C)ccc53)cc2N4c2cc(-c3ccccc3)cc(-c3ccccc3)c2)c([2H])c1[2H]. The Kier molecular flexibility index (Phi) is 11.6. The van der Waals surface area contributed by atoms with E-state index in [2.05, 4.69) is 271 Å². The van der Waals surface area contributed by atoms with E-state index in [1.54, 1.807) is 29.2 Å². The van der Waals surface area contributed by atoms with Crippen LogP contribution in [-0.2, 0) is 16.2 Å². The molecule has 0 atom stereocenters. The van der Waals surface area contributed by atoms with Gasteiger partial charge in [-0.15, -0.1) is 0 Å². The summed E-state index contributed by atoms with van der Waals surface area (Å²) >= 11 is 0. The largest absolute Gasteiger partial charge is 0.311 e. The van der Waals surface area contributed by atoms with Gasteiger partial charge in [-0.2, -0.15) is 0 Å². The summed E-state index contributed by atoms with van der Waals surface area (Å²) in [6.45, 7) is 19.9. The second kappa shape index (κ2) is 23.9. The van der Waals surface area contributed by atoms with Gasteiger partial charge in [-0.3, -0.25) is 0 Å². The van der Waals surface area contributed by atoms with Gasteiger partial charge in [0.15, 0.2) is 0 Å². The van der Waals surface area contributed by atoms with E-state index < -0.39 is 90.7 Å². The number of nitrogens with zero attached hydrogens (tertiary/aromatic N) is 5. The van der Waals surface area contributed by atoms with Crippen LogP contribution in [-0.4, -0.2) is 15.8 Å². The average Bonchev–Trinajstić information content (AvgIpc) is 1.35. The predicted molar refractivity (Wildman–Crippen MR) is 436 cm³/mol. The molecular weight excluding hydrogens is 1230 g/mol. The average molecular weight is 1330 g/mol. The van der Waals surface area contributed by atoms with E-state index in [4.69, 9.17) is 6.85 Å². The molecule has 2 aromatic heterocycles. The fraction of sp³-hybridized carbons (Fsp3) is 0.125. The molecule has 492 valence electrons. The summed E-state index contributed by atoms with van der Waals surface area (Å²) in [5.41, 5.74) is 21.1. The van der Waals surface area contributed by atoms with Crippen molar-refractivity contribution in [2.45, 2.75) is 78.6 Å². The first-order valence-electron chi connectivity index (χ1n) is 41.4. The molecule has 0 amide bonds. The van der Waals surface area contributed by atoms with Crippen molar-refractivity contribution in [2.75, 3.05) is 14.7 Å². The van der Waals surface area contributed by atoms with Gasteiger partial charge in [-0.25, -0.2) is 0 Å². The molecule has 4 heterocycles. The minimum Gasteiger partial charge on any atom is -0.311 e. The number of hydrogen-bond acceptors (Lipinski definition) is 3. The first kappa shape index (κ1) is 49.6. The van der Waals surface area contributed by atoms with E-state index in [9.17, 15) is 11.0 Å². The molecule has 0 N–H and O–H groups in total. The van der Waals surface area contributed by atoms with E-state index in [0.717, 1.165) is 117 Å². The number of fused-ring (bicyclic) bond motifs is 10. The molecule has 0 aliphatic carbocycles. The number of anilines is 9. The summed E-state index contributed by atoms with van der Waals surface area (Å²) in [4.78, 5) is 6.48. The molecule has 16 aromatic rings. The number of aromatic nitrogens is 2. The highest BCUT2D eigenvalue weighted by Gasteiger charge is 2.45. The molecule has 0 saturated heterocycles. The fourth-order valence-corrected chi connectivity index (χ4v) is 15.5. The molecule has 2 aliphatic rings. The zero-order valence-electron chi connectivity index (χ0n) is 71.4. The monoisotopic (exact) mass is 1330 g/mol. The van der Waals surface area contributed by atoms with Crippen molar-refractivity contribution in [3.63, 3.8) is 0 Å². The summed E-state index contributed by atoms with van der Waals surface area (Å²) in [6, 6.07) is 78.5. The smallest absolute Gasteiger partial charge is 0.252 e. The summed E-state index contributed by atoms with van der Waals surface area (Å²) < 4.78 is 123. The second-order valence-electron chi connectivity index (χ2n) is 30.1. The van der Waals surface area contributed by atoms with Gasteiger partial charge in [-0.05, 0) is 222 Å². The van der Waals surface area contributed by atoms with Crippen molar-refractivity contribution in [2.24, 2.45) is 0 Å². The zero-order chi connectivity index (χ0) is 80.7. The summed E-state index contributed by atoms with van der Waals surface area (Å²) in [5.74, 6) is 0. The van der Waals surface area contributed by atoms with Crippen molar-refractivity contribution < 1.29 is 17.8 Å². The lowest BCUT2D eigenvalue weighted by molar-refractivity contribution is 0.590. The highest BCUT2D eigenvalue weighted by Crippen LogP contribution is 2.51. The molecule has 0 fully saturated rings. The minimum absolute atomic E-state index is 0.0650. The maximum absolute atomic E-state index is 9.85. The van der Waals surface area contributed by atoms with Crippen LogP contribution in [0.25, 0.3) is 88.4 Å². The number of benzene rings is 14. The molecule has 0 saturated carbocycles. The van der Waals surface area contributed by atoms with Crippen molar-refractivity contribution >= 4 is 118 Å². The molecule has 0 unspecified atom stereocenters. The van der Waals surface area contributed by atoms with Gasteiger partial charge in [0.1, 0.15) is 0 Å². The normalized spacial score (nSPS) is 14.7. The van der Waals surface area contributed by atoms with Crippen LogP contribution in [0, 0.1) is 0 Å². The third kappa shape index (κ3) is 10.5. The van der Waals surface area contributed by atoms with Crippen LogP contribution in [0.5, 0.6) is 0 Å². The van der Waals surface area contributed by atoms with Crippen LogP contribution in [0.1, 0.15) is 96.8 Å². The predicted octanol–water partition coefficient (Wildman–Crippen LogP) is 24.3. The van der Waals surface area contributed by atoms with Gasteiger partial charge in [0.2, 0.25) is 0 Å². The van der Waals surface area contributed by atoms with Crippen LogP contribution in [0.2, 0.25) is 0 Å². The van der Waals surface area contributed by atoms with Crippen LogP contribution in [0.4, 0.5) is 51.2 Å². The van der Waals surface area contributed by atoms with Gasteiger partial charge < -0.3 is 23.8 Å². The molecule has 18 rings (SSSR count).